The largest absolute Gasteiger partial charge is 0.479 e. The van der Waals surface area contributed by atoms with Crippen LogP contribution in [0.25, 0.3) is 11.0 Å². The van der Waals surface area contributed by atoms with Gasteiger partial charge in [0.25, 0.3) is 5.91 Å². The van der Waals surface area contributed by atoms with E-state index >= 15 is 0 Å². The van der Waals surface area contributed by atoms with Crippen LogP contribution in [0, 0.1) is 5.92 Å². The van der Waals surface area contributed by atoms with Crippen molar-refractivity contribution in [1.29, 1.82) is 0 Å². The summed E-state index contributed by atoms with van der Waals surface area (Å²) in [6.07, 6.45) is -0.779. The Balaban J connectivity index is 1.77. The number of rotatable bonds is 3. The molecule has 0 fully saturated rings. The topological polar surface area (TPSA) is 68.5 Å². The predicted octanol–water partition coefficient (Wildman–Crippen LogP) is 3.93. The highest BCUT2D eigenvalue weighted by atomic mass is 16.5. The molecule has 0 saturated heterocycles. The van der Waals surface area contributed by atoms with Gasteiger partial charge in [0, 0.05) is 11.6 Å². The summed E-state index contributed by atoms with van der Waals surface area (Å²) in [4.78, 5) is 25.5. The number of carbonyl (C=O) groups excluding carboxylic acids is 1. The number of hydrogen-bond acceptors (Lipinski definition) is 4. The Hall–Kier alpha value is -3.08. The third-order valence-electron chi connectivity index (χ3n) is 4.72. The molecule has 2 atom stereocenters. The lowest BCUT2D eigenvalue weighted by Gasteiger charge is -2.21. The maximum atomic E-state index is 12.9. The first-order chi connectivity index (χ1) is 12.6. The van der Waals surface area contributed by atoms with E-state index in [1.807, 2.05) is 56.3 Å². The molecular weight excluding hydrogens is 330 g/mol. The van der Waals surface area contributed by atoms with Gasteiger partial charge in [-0.05, 0) is 30.2 Å². The molecule has 0 aliphatic carbocycles. The third kappa shape index (κ3) is 2.65. The number of hydrogen-bond donors (Lipinski definition) is 1. The van der Waals surface area contributed by atoms with Crippen LogP contribution in [0.15, 0.2) is 63.8 Å². The number of nitrogens with one attached hydrogen (secondary N) is 1. The first-order valence-electron chi connectivity index (χ1n) is 8.64. The number of benzene rings is 2. The Kier molecular flexibility index (Phi) is 3.99. The Bertz CT molecular complexity index is 1020. The van der Waals surface area contributed by atoms with Crippen LogP contribution < -0.4 is 15.7 Å². The summed E-state index contributed by atoms with van der Waals surface area (Å²) in [5.74, 6) is -0.139. The van der Waals surface area contributed by atoms with Gasteiger partial charge in [0.2, 0.25) is 0 Å². The van der Waals surface area contributed by atoms with Crippen molar-refractivity contribution in [2.45, 2.75) is 25.9 Å². The summed E-state index contributed by atoms with van der Waals surface area (Å²) in [5.41, 5.74) is 1.17. The molecule has 1 amide bonds. The molecule has 0 saturated carbocycles. The van der Waals surface area contributed by atoms with Gasteiger partial charge in [0.05, 0.1) is 10.9 Å². The van der Waals surface area contributed by atoms with Crippen LogP contribution in [0.5, 0.6) is 5.75 Å². The first-order valence-corrected chi connectivity index (χ1v) is 8.64. The minimum absolute atomic E-state index is 0.0341. The molecule has 5 nitrogen and oxygen atoms in total. The van der Waals surface area contributed by atoms with E-state index in [-0.39, 0.29) is 17.7 Å². The van der Waals surface area contributed by atoms with Crippen molar-refractivity contribution < 1.29 is 13.9 Å². The fraction of sp³-hybridized carbons (Fsp3) is 0.238. The minimum atomic E-state index is -0.779. The highest BCUT2D eigenvalue weighted by Gasteiger charge is 2.44. The maximum Gasteiger partial charge on any atom is 0.343 e. The van der Waals surface area contributed by atoms with E-state index in [4.69, 9.17) is 9.15 Å². The van der Waals surface area contributed by atoms with Crippen LogP contribution in [-0.2, 0) is 4.79 Å². The molecule has 4 rings (SSSR count). The Morgan fingerprint density at radius 1 is 1.04 bits per heavy atom. The second-order valence-electron chi connectivity index (χ2n) is 6.79. The lowest BCUT2D eigenvalue weighted by molar-refractivity contribution is -0.123. The van der Waals surface area contributed by atoms with E-state index in [1.165, 1.54) is 0 Å². The standard InChI is InChI=1S/C21H19NO4/c1-12(2)16-17-18(14-10-6-7-11-15(14)25-21(17)24)26-19(16)20(23)22-13-8-4-3-5-9-13/h3-12,16,19H,1-2H3,(H,22,23)/t16-,19+/m1/s1. The summed E-state index contributed by atoms with van der Waals surface area (Å²) < 4.78 is 11.5. The quantitative estimate of drug-likeness (QED) is 0.728. The van der Waals surface area contributed by atoms with E-state index in [0.29, 0.717) is 28.0 Å². The van der Waals surface area contributed by atoms with Crippen molar-refractivity contribution in [1.82, 2.24) is 0 Å². The molecule has 0 radical (unpaired) electrons. The molecule has 2 aromatic carbocycles. The number of carbonyl (C=O) groups is 1. The van der Waals surface area contributed by atoms with E-state index in [2.05, 4.69) is 5.32 Å². The summed E-state index contributed by atoms with van der Waals surface area (Å²) in [5, 5.41) is 3.59. The molecule has 0 unspecified atom stereocenters. The predicted molar refractivity (Wildman–Crippen MR) is 99.6 cm³/mol. The van der Waals surface area contributed by atoms with Crippen LogP contribution in [0.2, 0.25) is 0 Å². The zero-order valence-electron chi connectivity index (χ0n) is 14.6. The van der Waals surface area contributed by atoms with E-state index in [9.17, 15) is 9.59 Å². The highest BCUT2D eigenvalue weighted by molar-refractivity contribution is 5.97. The van der Waals surface area contributed by atoms with Gasteiger partial charge < -0.3 is 14.5 Å². The zero-order valence-corrected chi connectivity index (χ0v) is 14.6. The lowest BCUT2D eigenvalue weighted by atomic mass is 9.85. The third-order valence-corrected chi connectivity index (χ3v) is 4.72. The number of amides is 1. The smallest absolute Gasteiger partial charge is 0.343 e. The van der Waals surface area contributed by atoms with Crippen LogP contribution in [0.3, 0.4) is 0 Å². The second kappa shape index (κ2) is 6.33. The first kappa shape index (κ1) is 16.4. The van der Waals surface area contributed by atoms with Crippen molar-refractivity contribution in [2.24, 2.45) is 5.92 Å². The summed E-state index contributed by atoms with van der Waals surface area (Å²) in [6.45, 7) is 3.95. The normalized spacial score (nSPS) is 18.6. The molecule has 2 heterocycles. The number of ether oxygens (including phenoxy) is 1. The minimum Gasteiger partial charge on any atom is -0.479 e. The van der Waals surface area contributed by atoms with E-state index in [1.54, 1.807) is 12.1 Å². The molecular formula is C21H19NO4. The van der Waals surface area contributed by atoms with Crippen molar-refractivity contribution in [3.63, 3.8) is 0 Å². The number of anilines is 1. The summed E-state index contributed by atoms with van der Waals surface area (Å²) in [6, 6.07) is 16.4. The van der Waals surface area contributed by atoms with Crippen molar-refractivity contribution in [2.75, 3.05) is 5.32 Å². The van der Waals surface area contributed by atoms with Gasteiger partial charge >= 0.3 is 5.63 Å². The summed E-state index contributed by atoms with van der Waals surface area (Å²) in [7, 11) is 0. The molecule has 1 aliphatic heterocycles. The molecule has 0 spiro atoms. The van der Waals surface area contributed by atoms with E-state index in [0.717, 1.165) is 0 Å². The SMILES string of the molecule is CC(C)[C@@H]1c2c(c3ccccc3oc2=O)O[C@@H]1C(=O)Nc1ccccc1. The van der Waals surface area contributed by atoms with Gasteiger partial charge in [0.1, 0.15) is 11.3 Å². The highest BCUT2D eigenvalue weighted by Crippen LogP contribution is 2.44. The van der Waals surface area contributed by atoms with E-state index < -0.39 is 11.7 Å². The maximum absolute atomic E-state index is 12.9. The zero-order chi connectivity index (χ0) is 18.3. The van der Waals surface area contributed by atoms with Crippen molar-refractivity contribution in [3.8, 4) is 5.75 Å². The molecule has 1 N–H and O–H groups in total. The van der Waals surface area contributed by atoms with Crippen LogP contribution in [0.1, 0.15) is 25.3 Å². The molecule has 3 aromatic rings. The van der Waals surface area contributed by atoms with Crippen molar-refractivity contribution >= 4 is 22.6 Å². The van der Waals surface area contributed by atoms with Gasteiger partial charge in [-0.15, -0.1) is 0 Å². The van der Waals surface area contributed by atoms with Gasteiger partial charge in [-0.2, -0.15) is 0 Å². The van der Waals surface area contributed by atoms with Crippen LogP contribution in [0.4, 0.5) is 5.69 Å². The van der Waals surface area contributed by atoms with Gasteiger partial charge in [0.15, 0.2) is 6.10 Å². The fourth-order valence-corrected chi connectivity index (χ4v) is 3.54. The average Bonchev–Trinajstić information content (AvgIpc) is 3.05. The molecule has 1 aromatic heterocycles. The molecule has 5 heteroatoms. The van der Waals surface area contributed by atoms with Crippen LogP contribution >= 0.6 is 0 Å². The summed E-state index contributed by atoms with van der Waals surface area (Å²) >= 11 is 0. The molecule has 0 bridgehead atoms. The molecule has 1 aliphatic rings. The van der Waals surface area contributed by atoms with Gasteiger partial charge in [-0.3, -0.25) is 4.79 Å². The fourth-order valence-electron chi connectivity index (χ4n) is 3.54. The second-order valence-corrected chi connectivity index (χ2v) is 6.79. The van der Waals surface area contributed by atoms with Gasteiger partial charge in [-0.1, -0.05) is 44.2 Å². The lowest BCUT2D eigenvalue weighted by Crippen LogP contribution is -2.37. The Morgan fingerprint density at radius 3 is 2.46 bits per heavy atom. The van der Waals surface area contributed by atoms with Gasteiger partial charge in [-0.25, -0.2) is 4.79 Å². The Labute approximate surface area is 150 Å². The molecule has 132 valence electrons. The number of fused-ring (bicyclic) bond motifs is 3. The number of para-hydroxylation sites is 2. The van der Waals surface area contributed by atoms with Crippen molar-refractivity contribution in [3.05, 3.63) is 70.6 Å². The molecule has 26 heavy (non-hydrogen) atoms. The monoisotopic (exact) mass is 349 g/mol. The average molecular weight is 349 g/mol. The Morgan fingerprint density at radius 2 is 1.73 bits per heavy atom. The van der Waals surface area contributed by atoms with Crippen LogP contribution in [-0.4, -0.2) is 12.0 Å².